The van der Waals surface area contributed by atoms with Gasteiger partial charge in [-0.2, -0.15) is 0 Å². The van der Waals surface area contributed by atoms with E-state index in [1.54, 1.807) is 0 Å². The van der Waals surface area contributed by atoms with E-state index in [4.69, 9.17) is 0 Å². The standard InChI is InChI=1S/C13H28N2/c1-5-13-10-14-8-9-15(13)12(4)7-6-11(2)3/h11-14H,5-10H2,1-4H3. The fourth-order valence-electron chi connectivity index (χ4n) is 2.48. The van der Waals surface area contributed by atoms with Gasteiger partial charge in [-0.15, -0.1) is 0 Å². The molecule has 0 aromatic heterocycles. The van der Waals surface area contributed by atoms with Gasteiger partial charge < -0.3 is 5.32 Å². The molecule has 1 aliphatic heterocycles. The second kappa shape index (κ2) is 6.49. The fraction of sp³-hybridized carbons (Fsp3) is 1.00. The average Bonchev–Trinajstić information content (AvgIpc) is 2.25. The molecule has 2 nitrogen and oxygen atoms in total. The third kappa shape index (κ3) is 4.12. The molecule has 2 atom stereocenters. The highest BCUT2D eigenvalue weighted by molar-refractivity contribution is 4.82. The van der Waals surface area contributed by atoms with Gasteiger partial charge in [0, 0.05) is 31.7 Å². The Balaban J connectivity index is 2.37. The van der Waals surface area contributed by atoms with Crippen molar-refractivity contribution in [2.45, 2.75) is 59.0 Å². The molecule has 1 saturated heterocycles. The first-order valence-electron chi connectivity index (χ1n) is 6.61. The summed E-state index contributed by atoms with van der Waals surface area (Å²) in [6, 6.07) is 1.53. The molecule has 1 N–H and O–H groups in total. The zero-order valence-electron chi connectivity index (χ0n) is 10.9. The number of rotatable bonds is 5. The summed E-state index contributed by atoms with van der Waals surface area (Å²) in [7, 11) is 0. The Hall–Kier alpha value is -0.0800. The summed E-state index contributed by atoms with van der Waals surface area (Å²) in [5.41, 5.74) is 0. The molecule has 0 aliphatic carbocycles. The third-order valence-corrected chi connectivity index (χ3v) is 3.59. The molecule has 1 rings (SSSR count). The van der Waals surface area contributed by atoms with Gasteiger partial charge >= 0.3 is 0 Å². The third-order valence-electron chi connectivity index (χ3n) is 3.59. The van der Waals surface area contributed by atoms with Gasteiger partial charge in [-0.1, -0.05) is 20.8 Å². The van der Waals surface area contributed by atoms with E-state index in [1.165, 1.54) is 38.9 Å². The largest absolute Gasteiger partial charge is 0.314 e. The van der Waals surface area contributed by atoms with Crippen LogP contribution in [0.1, 0.15) is 47.0 Å². The molecule has 1 heterocycles. The monoisotopic (exact) mass is 212 g/mol. The SMILES string of the molecule is CCC1CNCCN1C(C)CCC(C)C. The van der Waals surface area contributed by atoms with E-state index in [0.29, 0.717) is 0 Å². The highest BCUT2D eigenvalue weighted by Crippen LogP contribution is 2.17. The van der Waals surface area contributed by atoms with E-state index in [-0.39, 0.29) is 0 Å². The Morgan fingerprint density at radius 3 is 2.60 bits per heavy atom. The lowest BCUT2D eigenvalue weighted by Gasteiger charge is -2.40. The van der Waals surface area contributed by atoms with Gasteiger partial charge in [-0.3, -0.25) is 4.90 Å². The van der Waals surface area contributed by atoms with Gasteiger partial charge in [-0.25, -0.2) is 0 Å². The summed E-state index contributed by atoms with van der Waals surface area (Å²) in [5.74, 6) is 0.843. The quantitative estimate of drug-likeness (QED) is 0.753. The lowest BCUT2D eigenvalue weighted by Crippen LogP contribution is -2.54. The molecular formula is C13H28N2. The van der Waals surface area contributed by atoms with Crippen LogP contribution < -0.4 is 5.32 Å². The zero-order chi connectivity index (χ0) is 11.3. The molecule has 0 radical (unpaired) electrons. The number of piperazine rings is 1. The van der Waals surface area contributed by atoms with Crippen LogP contribution in [0.2, 0.25) is 0 Å². The molecule has 0 amide bonds. The Morgan fingerprint density at radius 1 is 1.27 bits per heavy atom. The van der Waals surface area contributed by atoms with Crippen molar-refractivity contribution in [1.82, 2.24) is 10.2 Å². The van der Waals surface area contributed by atoms with E-state index < -0.39 is 0 Å². The van der Waals surface area contributed by atoms with Crippen LogP contribution in [0, 0.1) is 5.92 Å². The molecule has 0 bridgehead atoms. The maximum Gasteiger partial charge on any atom is 0.0221 e. The predicted molar refractivity (Wildman–Crippen MR) is 67.2 cm³/mol. The molecule has 2 heteroatoms. The van der Waals surface area contributed by atoms with Crippen LogP contribution >= 0.6 is 0 Å². The summed E-state index contributed by atoms with van der Waals surface area (Å²) in [6.07, 6.45) is 3.99. The van der Waals surface area contributed by atoms with Crippen molar-refractivity contribution in [3.63, 3.8) is 0 Å². The molecule has 90 valence electrons. The Bertz CT molecular complexity index is 168. The minimum atomic E-state index is 0.763. The molecule has 1 aliphatic rings. The Kier molecular flexibility index (Phi) is 5.62. The summed E-state index contributed by atoms with van der Waals surface area (Å²) in [5, 5.41) is 3.49. The molecule has 0 spiro atoms. The number of nitrogens with one attached hydrogen (secondary N) is 1. The van der Waals surface area contributed by atoms with Crippen molar-refractivity contribution >= 4 is 0 Å². The first kappa shape index (κ1) is 13.0. The number of hydrogen-bond donors (Lipinski definition) is 1. The summed E-state index contributed by atoms with van der Waals surface area (Å²) < 4.78 is 0. The topological polar surface area (TPSA) is 15.3 Å². The normalized spacial score (nSPS) is 25.8. The van der Waals surface area contributed by atoms with E-state index in [9.17, 15) is 0 Å². The Labute approximate surface area is 95.4 Å². The molecule has 1 fully saturated rings. The van der Waals surface area contributed by atoms with Crippen molar-refractivity contribution in [1.29, 1.82) is 0 Å². The van der Waals surface area contributed by atoms with Gasteiger partial charge in [0.25, 0.3) is 0 Å². The second-order valence-corrected chi connectivity index (χ2v) is 5.32. The van der Waals surface area contributed by atoms with Gasteiger partial charge in [0.2, 0.25) is 0 Å². The van der Waals surface area contributed by atoms with Crippen LogP contribution in [0.3, 0.4) is 0 Å². The predicted octanol–water partition coefficient (Wildman–Crippen LogP) is 2.49. The maximum absolute atomic E-state index is 3.49. The first-order chi connectivity index (χ1) is 7.15. The number of nitrogens with zero attached hydrogens (tertiary/aromatic N) is 1. The van der Waals surface area contributed by atoms with Crippen molar-refractivity contribution in [2.24, 2.45) is 5.92 Å². The highest BCUT2D eigenvalue weighted by atomic mass is 15.2. The highest BCUT2D eigenvalue weighted by Gasteiger charge is 2.24. The van der Waals surface area contributed by atoms with E-state index >= 15 is 0 Å². The lowest BCUT2D eigenvalue weighted by molar-refractivity contribution is 0.103. The summed E-state index contributed by atoms with van der Waals surface area (Å²) in [6.45, 7) is 12.9. The second-order valence-electron chi connectivity index (χ2n) is 5.32. The van der Waals surface area contributed by atoms with Crippen LogP contribution in [0.15, 0.2) is 0 Å². The Morgan fingerprint density at radius 2 is 2.00 bits per heavy atom. The minimum Gasteiger partial charge on any atom is -0.314 e. The lowest BCUT2D eigenvalue weighted by atomic mass is 10.0. The molecule has 15 heavy (non-hydrogen) atoms. The van der Waals surface area contributed by atoms with Crippen LogP contribution in [-0.4, -0.2) is 36.6 Å². The van der Waals surface area contributed by atoms with E-state index in [1.807, 2.05) is 0 Å². The summed E-state index contributed by atoms with van der Waals surface area (Å²) >= 11 is 0. The van der Waals surface area contributed by atoms with Gasteiger partial charge in [0.1, 0.15) is 0 Å². The van der Waals surface area contributed by atoms with Crippen LogP contribution in [-0.2, 0) is 0 Å². The average molecular weight is 212 g/mol. The van der Waals surface area contributed by atoms with Crippen molar-refractivity contribution in [2.75, 3.05) is 19.6 Å². The maximum atomic E-state index is 3.49. The van der Waals surface area contributed by atoms with E-state index in [0.717, 1.165) is 18.0 Å². The molecule has 0 saturated carbocycles. The van der Waals surface area contributed by atoms with E-state index in [2.05, 4.69) is 37.9 Å². The smallest absolute Gasteiger partial charge is 0.0221 e. The van der Waals surface area contributed by atoms with Crippen LogP contribution in [0.25, 0.3) is 0 Å². The van der Waals surface area contributed by atoms with Gasteiger partial charge in [0.05, 0.1) is 0 Å². The van der Waals surface area contributed by atoms with Crippen molar-refractivity contribution in [3.8, 4) is 0 Å². The molecular weight excluding hydrogens is 184 g/mol. The number of hydrogen-bond acceptors (Lipinski definition) is 2. The van der Waals surface area contributed by atoms with Crippen LogP contribution in [0.4, 0.5) is 0 Å². The van der Waals surface area contributed by atoms with Gasteiger partial charge in [-0.05, 0) is 32.1 Å². The minimum absolute atomic E-state index is 0.763. The van der Waals surface area contributed by atoms with Gasteiger partial charge in [0.15, 0.2) is 0 Å². The van der Waals surface area contributed by atoms with Crippen molar-refractivity contribution < 1.29 is 0 Å². The fourth-order valence-corrected chi connectivity index (χ4v) is 2.48. The molecule has 0 aromatic rings. The summed E-state index contributed by atoms with van der Waals surface area (Å²) in [4.78, 5) is 2.71. The van der Waals surface area contributed by atoms with Crippen LogP contribution in [0.5, 0.6) is 0 Å². The van der Waals surface area contributed by atoms with Crippen molar-refractivity contribution in [3.05, 3.63) is 0 Å². The first-order valence-corrected chi connectivity index (χ1v) is 6.61. The molecule has 0 aromatic carbocycles. The zero-order valence-corrected chi connectivity index (χ0v) is 10.9. The molecule has 2 unspecified atom stereocenters.